The quantitative estimate of drug-likeness (QED) is 0.514. The van der Waals surface area contributed by atoms with Crippen molar-refractivity contribution in [1.29, 1.82) is 0 Å². The number of hydrogen-bond donors (Lipinski definition) is 1. The molecule has 2 fully saturated rings. The number of hydrogen-bond acceptors (Lipinski definition) is 2. The first kappa shape index (κ1) is 5.69. The van der Waals surface area contributed by atoms with E-state index in [4.69, 9.17) is 10.5 Å². The normalized spacial score (nSPS) is 49.7. The molecular formula is C7H13NO. The van der Waals surface area contributed by atoms with Crippen molar-refractivity contribution in [2.24, 2.45) is 11.7 Å². The molecule has 0 spiro atoms. The van der Waals surface area contributed by atoms with Crippen molar-refractivity contribution in [3.8, 4) is 0 Å². The summed E-state index contributed by atoms with van der Waals surface area (Å²) in [7, 11) is 0. The van der Waals surface area contributed by atoms with Crippen LogP contribution in [0.3, 0.4) is 0 Å². The van der Waals surface area contributed by atoms with Gasteiger partial charge in [-0.25, -0.2) is 0 Å². The highest BCUT2D eigenvalue weighted by Gasteiger charge is 2.34. The molecule has 2 nitrogen and oxygen atoms in total. The summed E-state index contributed by atoms with van der Waals surface area (Å²) in [5, 5.41) is 0. The van der Waals surface area contributed by atoms with Crippen LogP contribution in [-0.2, 0) is 4.74 Å². The van der Waals surface area contributed by atoms with E-state index in [1.807, 2.05) is 0 Å². The van der Waals surface area contributed by atoms with Crippen LogP contribution in [0.2, 0.25) is 0 Å². The molecule has 0 radical (unpaired) electrons. The third-order valence-electron chi connectivity index (χ3n) is 2.54. The van der Waals surface area contributed by atoms with Crippen LogP contribution in [0, 0.1) is 5.92 Å². The zero-order chi connectivity index (χ0) is 6.27. The average molecular weight is 127 g/mol. The van der Waals surface area contributed by atoms with Crippen LogP contribution in [0.5, 0.6) is 0 Å². The lowest BCUT2D eigenvalue weighted by Crippen LogP contribution is -2.33. The fourth-order valence-electron chi connectivity index (χ4n) is 1.85. The summed E-state index contributed by atoms with van der Waals surface area (Å²) in [4.78, 5) is 0. The highest BCUT2D eigenvalue weighted by molar-refractivity contribution is 4.87. The fraction of sp³-hybridized carbons (Fsp3) is 1.00. The Morgan fingerprint density at radius 1 is 1.33 bits per heavy atom. The lowest BCUT2D eigenvalue weighted by atomic mass is 9.86. The molecule has 2 aliphatic rings. The zero-order valence-electron chi connectivity index (χ0n) is 5.55. The molecular weight excluding hydrogens is 114 g/mol. The van der Waals surface area contributed by atoms with Gasteiger partial charge in [0, 0.05) is 6.04 Å². The second kappa shape index (κ2) is 1.96. The van der Waals surface area contributed by atoms with Gasteiger partial charge in [0.05, 0.1) is 12.7 Å². The van der Waals surface area contributed by atoms with Crippen LogP contribution in [0.15, 0.2) is 0 Å². The predicted octanol–water partition coefficient (Wildman–Crippen LogP) is 0.513. The maximum atomic E-state index is 5.84. The molecule has 1 aliphatic heterocycles. The van der Waals surface area contributed by atoms with Crippen molar-refractivity contribution >= 4 is 0 Å². The minimum absolute atomic E-state index is 0.434. The van der Waals surface area contributed by atoms with Gasteiger partial charge in [-0.3, -0.25) is 0 Å². The van der Waals surface area contributed by atoms with Crippen molar-refractivity contribution in [1.82, 2.24) is 0 Å². The molecule has 2 heteroatoms. The number of ether oxygens (including phenoxy) is 1. The largest absolute Gasteiger partial charge is 0.378 e. The Bertz CT molecular complexity index is 115. The van der Waals surface area contributed by atoms with Gasteiger partial charge < -0.3 is 10.5 Å². The molecule has 0 aromatic heterocycles. The van der Waals surface area contributed by atoms with Crippen molar-refractivity contribution in [3.63, 3.8) is 0 Å². The van der Waals surface area contributed by atoms with Gasteiger partial charge in [-0.05, 0) is 25.2 Å². The molecule has 2 rings (SSSR count). The number of rotatable bonds is 0. The monoisotopic (exact) mass is 127 g/mol. The van der Waals surface area contributed by atoms with Gasteiger partial charge in [-0.1, -0.05) is 0 Å². The Kier molecular flexibility index (Phi) is 1.24. The summed E-state index contributed by atoms with van der Waals surface area (Å²) >= 11 is 0. The number of fused-ring (bicyclic) bond motifs is 2. The Labute approximate surface area is 55.4 Å². The standard InChI is InChI=1S/C7H13NO/c8-7-2-1-6-3-5(7)4-9-6/h5-7H,1-4,8H2/t5-,6+,7-/m0/s1. The van der Waals surface area contributed by atoms with Gasteiger partial charge in [0.25, 0.3) is 0 Å². The Balaban J connectivity index is 2.05. The molecule has 9 heavy (non-hydrogen) atoms. The maximum Gasteiger partial charge on any atom is 0.0580 e. The second-order valence-corrected chi connectivity index (χ2v) is 3.19. The van der Waals surface area contributed by atoms with E-state index >= 15 is 0 Å². The second-order valence-electron chi connectivity index (χ2n) is 3.19. The van der Waals surface area contributed by atoms with Gasteiger partial charge in [-0.2, -0.15) is 0 Å². The van der Waals surface area contributed by atoms with E-state index in [1.165, 1.54) is 19.3 Å². The average Bonchev–Trinajstić information content (AvgIpc) is 2.25. The van der Waals surface area contributed by atoms with Gasteiger partial charge in [0.15, 0.2) is 0 Å². The lowest BCUT2D eigenvalue weighted by molar-refractivity contribution is 0.107. The molecule has 2 N–H and O–H groups in total. The van der Waals surface area contributed by atoms with Crippen molar-refractivity contribution in [2.75, 3.05) is 6.61 Å². The van der Waals surface area contributed by atoms with Crippen molar-refractivity contribution in [3.05, 3.63) is 0 Å². The van der Waals surface area contributed by atoms with Crippen LogP contribution < -0.4 is 5.73 Å². The third-order valence-corrected chi connectivity index (χ3v) is 2.54. The summed E-state index contributed by atoms with van der Waals surface area (Å²) in [6.07, 6.45) is 4.16. The molecule has 1 saturated carbocycles. The topological polar surface area (TPSA) is 35.2 Å². The van der Waals surface area contributed by atoms with E-state index in [0.717, 1.165) is 6.61 Å². The Morgan fingerprint density at radius 2 is 2.22 bits per heavy atom. The van der Waals surface area contributed by atoms with Crippen LogP contribution in [0.1, 0.15) is 19.3 Å². The molecule has 52 valence electrons. The van der Waals surface area contributed by atoms with Gasteiger partial charge in [0.2, 0.25) is 0 Å². The molecule has 1 heterocycles. The molecule has 3 atom stereocenters. The number of nitrogens with two attached hydrogens (primary N) is 1. The van der Waals surface area contributed by atoms with Gasteiger partial charge in [-0.15, -0.1) is 0 Å². The zero-order valence-corrected chi connectivity index (χ0v) is 5.55. The van der Waals surface area contributed by atoms with E-state index in [1.54, 1.807) is 0 Å². The molecule has 0 amide bonds. The third kappa shape index (κ3) is 0.864. The first-order chi connectivity index (χ1) is 4.36. The molecule has 0 aromatic carbocycles. The Hall–Kier alpha value is -0.0800. The van der Waals surface area contributed by atoms with Crippen LogP contribution in [0.25, 0.3) is 0 Å². The minimum Gasteiger partial charge on any atom is -0.378 e. The summed E-state index contributed by atoms with van der Waals surface area (Å²) in [5.74, 6) is 0.684. The van der Waals surface area contributed by atoms with Gasteiger partial charge >= 0.3 is 0 Å². The van der Waals surface area contributed by atoms with Crippen molar-refractivity contribution in [2.45, 2.75) is 31.4 Å². The molecule has 0 unspecified atom stereocenters. The molecule has 1 aliphatic carbocycles. The minimum atomic E-state index is 0.434. The SMILES string of the molecule is N[C@H]1CC[C@@H]2C[C@H]1CO2. The first-order valence-electron chi connectivity index (χ1n) is 3.73. The maximum absolute atomic E-state index is 5.84. The summed E-state index contributed by atoms with van der Waals surface area (Å²) in [6, 6.07) is 0.434. The van der Waals surface area contributed by atoms with E-state index in [0.29, 0.717) is 18.1 Å². The fourth-order valence-corrected chi connectivity index (χ4v) is 1.85. The highest BCUT2D eigenvalue weighted by Crippen LogP contribution is 2.31. The lowest BCUT2D eigenvalue weighted by Gasteiger charge is -2.22. The van der Waals surface area contributed by atoms with E-state index in [9.17, 15) is 0 Å². The summed E-state index contributed by atoms with van der Waals surface area (Å²) in [6.45, 7) is 0.922. The summed E-state index contributed by atoms with van der Waals surface area (Å²) in [5.41, 5.74) is 5.84. The molecule has 2 bridgehead atoms. The predicted molar refractivity (Wildman–Crippen MR) is 35.1 cm³/mol. The van der Waals surface area contributed by atoms with Gasteiger partial charge in [0.1, 0.15) is 0 Å². The van der Waals surface area contributed by atoms with Crippen molar-refractivity contribution < 1.29 is 4.74 Å². The van der Waals surface area contributed by atoms with Crippen LogP contribution >= 0.6 is 0 Å². The first-order valence-corrected chi connectivity index (χ1v) is 3.73. The van der Waals surface area contributed by atoms with E-state index in [2.05, 4.69) is 0 Å². The summed E-state index contributed by atoms with van der Waals surface area (Å²) < 4.78 is 5.47. The molecule has 1 saturated heterocycles. The smallest absolute Gasteiger partial charge is 0.0580 e. The van der Waals surface area contributed by atoms with E-state index < -0.39 is 0 Å². The van der Waals surface area contributed by atoms with Crippen LogP contribution in [-0.4, -0.2) is 18.8 Å². The van der Waals surface area contributed by atoms with Crippen LogP contribution in [0.4, 0.5) is 0 Å². The Morgan fingerprint density at radius 3 is 3.00 bits per heavy atom. The van der Waals surface area contributed by atoms with E-state index in [-0.39, 0.29) is 0 Å². The molecule has 0 aromatic rings. The highest BCUT2D eigenvalue weighted by atomic mass is 16.5.